The maximum absolute atomic E-state index is 12.7. The van der Waals surface area contributed by atoms with Crippen molar-refractivity contribution >= 4 is 12.0 Å². The number of phenolic OH excluding ortho intramolecular Hbond substituents is 2. The minimum Gasteiger partial charge on any atom is -0.508 e. The average Bonchev–Trinajstić information content (AvgIpc) is 2.97. The molecule has 43 heavy (non-hydrogen) atoms. The first-order chi connectivity index (χ1) is 20.9. The third kappa shape index (κ3) is 16.4. The molecule has 0 fully saturated rings. The van der Waals surface area contributed by atoms with Gasteiger partial charge in [0.2, 0.25) is 0 Å². The van der Waals surface area contributed by atoms with Crippen LogP contribution >= 0.6 is 0 Å². The lowest BCUT2D eigenvalue weighted by atomic mass is 9.98. The summed E-state index contributed by atoms with van der Waals surface area (Å²) < 4.78 is 5.76. The van der Waals surface area contributed by atoms with Crippen molar-refractivity contribution in [1.29, 1.82) is 0 Å². The molecule has 232 valence electrons. The van der Waals surface area contributed by atoms with Crippen LogP contribution in [0.15, 0.2) is 91.1 Å². The standard InChI is InChI=1S/C39H52O4/c1-4-5-6-7-8-12-15-18-24-36-37(41)30-34(23-20-21-32(2)3)31-38(36)43-39(42)25-19-16-13-10-9-11-14-17-22-33-26-28-35(40)29-27-33/h9-11,13-14,16-17,19,22,25-32,40-41H,4-8,12,15,18,20-21,23-24H2,1-3H3. The van der Waals surface area contributed by atoms with E-state index in [1.165, 1.54) is 44.6 Å². The number of phenols is 2. The van der Waals surface area contributed by atoms with E-state index in [1.54, 1.807) is 24.3 Å². The molecule has 4 heteroatoms. The maximum atomic E-state index is 12.7. The first-order valence-electron chi connectivity index (χ1n) is 16.1. The Labute approximate surface area is 260 Å². The van der Waals surface area contributed by atoms with E-state index in [4.69, 9.17) is 4.74 Å². The second-order valence-corrected chi connectivity index (χ2v) is 11.5. The summed E-state index contributed by atoms with van der Waals surface area (Å²) in [6.07, 6.45) is 31.6. The van der Waals surface area contributed by atoms with E-state index >= 15 is 0 Å². The van der Waals surface area contributed by atoms with E-state index in [1.807, 2.05) is 66.8 Å². The van der Waals surface area contributed by atoms with Crippen LogP contribution in [0.1, 0.15) is 102 Å². The minimum absolute atomic E-state index is 0.229. The van der Waals surface area contributed by atoms with Crippen LogP contribution in [-0.4, -0.2) is 16.2 Å². The second kappa shape index (κ2) is 21.8. The maximum Gasteiger partial charge on any atom is 0.336 e. The van der Waals surface area contributed by atoms with Gasteiger partial charge in [0.05, 0.1) is 0 Å². The molecule has 0 spiro atoms. The number of allylic oxidation sites excluding steroid dienone is 8. The zero-order valence-electron chi connectivity index (χ0n) is 26.5. The fraction of sp³-hybridized carbons (Fsp3) is 0.410. The van der Waals surface area contributed by atoms with E-state index < -0.39 is 5.97 Å². The van der Waals surface area contributed by atoms with Gasteiger partial charge in [-0.15, -0.1) is 0 Å². The van der Waals surface area contributed by atoms with Crippen LogP contribution in [0.5, 0.6) is 17.2 Å². The molecule has 0 aliphatic rings. The molecule has 0 aliphatic carbocycles. The van der Waals surface area contributed by atoms with E-state index in [9.17, 15) is 15.0 Å². The summed E-state index contributed by atoms with van der Waals surface area (Å²) in [5, 5.41) is 20.2. The summed E-state index contributed by atoms with van der Waals surface area (Å²) in [5.74, 6) is 1.14. The number of carbonyl (C=O) groups excluding carboxylic acids is 1. The summed E-state index contributed by atoms with van der Waals surface area (Å²) in [5.41, 5.74) is 2.74. The van der Waals surface area contributed by atoms with Gasteiger partial charge in [-0.05, 0) is 67.0 Å². The Hall–Kier alpha value is -3.79. The minimum atomic E-state index is -0.455. The van der Waals surface area contributed by atoms with Gasteiger partial charge in [-0.25, -0.2) is 4.79 Å². The third-order valence-corrected chi connectivity index (χ3v) is 7.17. The van der Waals surface area contributed by atoms with Crippen LogP contribution < -0.4 is 4.74 Å². The molecule has 0 saturated carbocycles. The van der Waals surface area contributed by atoms with Gasteiger partial charge in [-0.2, -0.15) is 0 Å². The number of carbonyl (C=O) groups is 1. The Balaban J connectivity index is 1.91. The molecule has 2 N–H and O–H groups in total. The molecule has 0 unspecified atom stereocenters. The third-order valence-electron chi connectivity index (χ3n) is 7.17. The summed E-state index contributed by atoms with van der Waals surface area (Å²) >= 11 is 0. The number of hydrogen-bond acceptors (Lipinski definition) is 4. The number of aromatic hydroxyl groups is 2. The summed E-state index contributed by atoms with van der Waals surface area (Å²) in [7, 11) is 0. The van der Waals surface area contributed by atoms with Crippen molar-refractivity contribution in [3.05, 3.63) is 108 Å². The van der Waals surface area contributed by atoms with Crippen LogP contribution in [0, 0.1) is 5.92 Å². The lowest BCUT2D eigenvalue weighted by molar-refractivity contribution is -0.129. The largest absolute Gasteiger partial charge is 0.508 e. The van der Waals surface area contributed by atoms with Gasteiger partial charge in [0.15, 0.2) is 0 Å². The topological polar surface area (TPSA) is 66.8 Å². The molecule has 2 aromatic rings. The highest BCUT2D eigenvalue weighted by molar-refractivity contribution is 5.84. The Morgan fingerprint density at radius 2 is 1.35 bits per heavy atom. The van der Waals surface area contributed by atoms with Crippen LogP contribution in [-0.2, 0) is 17.6 Å². The molecule has 0 heterocycles. The van der Waals surface area contributed by atoms with Gasteiger partial charge in [0, 0.05) is 11.6 Å². The zero-order chi connectivity index (χ0) is 31.1. The molecule has 2 rings (SSSR count). The van der Waals surface area contributed by atoms with Crippen LogP contribution in [0.25, 0.3) is 6.08 Å². The highest BCUT2D eigenvalue weighted by Crippen LogP contribution is 2.33. The van der Waals surface area contributed by atoms with E-state index in [0.717, 1.165) is 48.8 Å². The van der Waals surface area contributed by atoms with Crippen molar-refractivity contribution in [3.63, 3.8) is 0 Å². The first kappa shape index (κ1) is 35.4. The number of unbranched alkanes of at least 4 members (excludes halogenated alkanes) is 7. The number of ether oxygens (including phenoxy) is 1. The monoisotopic (exact) mass is 584 g/mol. The van der Waals surface area contributed by atoms with E-state index in [-0.39, 0.29) is 11.5 Å². The Kier molecular flexibility index (Phi) is 18.0. The number of benzene rings is 2. The quantitative estimate of drug-likeness (QED) is 0.0534. The van der Waals surface area contributed by atoms with Crippen molar-refractivity contribution in [3.8, 4) is 17.2 Å². The first-order valence-corrected chi connectivity index (χ1v) is 16.1. The van der Waals surface area contributed by atoms with Crippen molar-refractivity contribution in [2.75, 3.05) is 0 Å². The Morgan fingerprint density at radius 1 is 0.744 bits per heavy atom. The van der Waals surface area contributed by atoms with Crippen LogP contribution in [0.3, 0.4) is 0 Å². The number of esters is 1. The lowest BCUT2D eigenvalue weighted by Crippen LogP contribution is -2.07. The predicted octanol–water partition coefficient (Wildman–Crippen LogP) is 10.6. The SMILES string of the molecule is CCCCCCCCCCc1c(O)cc(CCCC(C)C)cc1OC(=O)C=CC=CC=CC=CC=Cc1ccc(O)cc1. The molecule has 4 nitrogen and oxygen atoms in total. The van der Waals surface area contributed by atoms with Crippen LogP contribution in [0.2, 0.25) is 0 Å². The molecule has 0 amide bonds. The van der Waals surface area contributed by atoms with Gasteiger partial charge in [0.1, 0.15) is 17.2 Å². The van der Waals surface area contributed by atoms with E-state index in [0.29, 0.717) is 18.1 Å². The fourth-order valence-electron chi connectivity index (χ4n) is 4.74. The van der Waals surface area contributed by atoms with Crippen molar-refractivity contribution in [2.45, 2.75) is 97.8 Å². The highest BCUT2D eigenvalue weighted by atomic mass is 16.5. The molecule has 0 radical (unpaired) electrons. The van der Waals surface area contributed by atoms with Gasteiger partial charge in [-0.3, -0.25) is 0 Å². The van der Waals surface area contributed by atoms with Gasteiger partial charge in [0.25, 0.3) is 0 Å². The number of hydrogen-bond donors (Lipinski definition) is 2. The van der Waals surface area contributed by atoms with Crippen LogP contribution in [0.4, 0.5) is 0 Å². The molecule has 0 saturated heterocycles. The molecule has 0 atom stereocenters. The summed E-state index contributed by atoms with van der Waals surface area (Å²) in [4.78, 5) is 12.7. The lowest BCUT2D eigenvalue weighted by Gasteiger charge is -2.14. The molecule has 0 aromatic heterocycles. The van der Waals surface area contributed by atoms with Gasteiger partial charge >= 0.3 is 5.97 Å². The van der Waals surface area contributed by atoms with Gasteiger partial charge < -0.3 is 14.9 Å². The predicted molar refractivity (Wildman–Crippen MR) is 182 cm³/mol. The number of rotatable bonds is 20. The van der Waals surface area contributed by atoms with E-state index in [2.05, 4.69) is 20.8 Å². The molecule has 2 aromatic carbocycles. The van der Waals surface area contributed by atoms with Crippen molar-refractivity contribution in [2.24, 2.45) is 5.92 Å². The van der Waals surface area contributed by atoms with Gasteiger partial charge in [-0.1, -0.05) is 139 Å². The zero-order valence-corrected chi connectivity index (χ0v) is 26.5. The number of aryl methyl sites for hydroxylation is 1. The molecular formula is C39H52O4. The second-order valence-electron chi connectivity index (χ2n) is 11.5. The Morgan fingerprint density at radius 3 is 2.00 bits per heavy atom. The fourth-order valence-corrected chi connectivity index (χ4v) is 4.74. The Bertz CT molecular complexity index is 1210. The molecular weight excluding hydrogens is 532 g/mol. The van der Waals surface area contributed by atoms with Crippen molar-refractivity contribution in [1.82, 2.24) is 0 Å². The molecule has 0 aliphatic heterocycles. The summed E-state index contributed by atoms with van der Waals surface area (Å²) in [6, 6.07) is 10.8. The van der Waals surface area contributed by atoms with Crippen molar-refractivity contribution < 1.29 is 19.7 Å². The summed E-state index contributed by atoms with van der Waals surface area (Å²) in [6.45, 7) is 6.66. The highest BCUT2D eigenvalue weighted by Gasteiger charge is 2.14. The normalized spacial score (nSPS) is 12.3. The smallest absolute Gasteiger partial charge is 0.336 e. The molecule has 0 bridgehead atoms. The average molecular weight is 585 g/mol.